The molecule has 2 N–H and O–H groups in total. The first kappa shape index (κ1) is 12.6. The number of primary amides is 1. The smallest absolute Gasteiger partial charge is 0.254 e. The molecule has 1 aliphatic rings. The normalized spacial score (nSPS) is 18.4. The molecule has 0 bridgehead atoms. The van der Waals surface area contributed by atoms with Crippen molar-refractivity contribution >= 4 is 22.7 Å². The lowest BCUT2D eigenvalue weighted by molar-refractivity contribution is -0.121. The van der Waals surface area contributed by atoms with Gasteiger partial charge in [-0.25, -0.2) is 0 Å². The third-order valence-corrected chi connectivity index (χ3v) is 3.69. The average Bonchev–Trinajstić information content (AvgIpc) is 2.95. The van der Waals surface area contributed by atoms with Crippen LogP contribution in [0.15, 0.2) is 36.5 Å². The number of rotatable bonds is 2. The molecule has 5 nitrogen and oxygen atoms in total. The maximum atomic E-state index is 12.5. The van der Waals surface area contributed by atoms with E-state index >= 15 is 0 Å². The Morgan fingerprint density at radius 1 is 1.30 bits per heavy atom. The monoisotopic (exact) mass is 269 g/mol. The van der Waals surface area contributed by atoms with Crippen molar-refractivity contribution in [3.05, 3.63) is 42.1 Å². The lowest BCUT2D eigenvalue weighted by atomic mass is 10.1. The molecule has 2 heterocycles. The molecular formula is C15H15N3O2. The molecule has 1 saturated heterocycles. The van der Waals surface area contributed by atoms with Crippen molar-refractivity contribution in [2.75, 3.05) is 6.54 Å². The summed E-state index contributed by atoms with van der Waals surface area (Å²) in [6.07, 6.45) is 3.18. The van der Waals surface area contributed by atoms with E-state index in [9.17, 15) is 9.59 Å². The van der Waals surface area contributed by atoms with Gasteiger partial charge >= 0.3 is 0 Å². The molecule has 0 saturated carbocycles. The third kappa shape index (κ3) is 2.11. The van der Waals surface area contributed by atoms with Crippen LogP contribution in [0.1, 0.15) is 23.2 Å². The van der Waals surface area contributed by atoms with Gasteiger partial charge in [-0.1, -0.05) is 6.07 Å². The molecule has 1 unspecified atom stereocenters. The number of likely N-dealkylation sites (tertiary alicyclic amines) is 1. The van der Waals surface area contributed by atoms with Gasteiger partial charge in [0.1, 0.15) is 6.04 Å². The fourth-order valence-corrected chi connectivity index (χ4v) is 2.68. The minimum absolute atomic E-state index is 0.142. The number of hydrogen-bond donors (Lipinski definition) is 1. The van der Waals surface area contributed by atoms with Crippen LogP contribution >= 0.6 is 0 Å². The molecular weight excluding hydrogens is 254 g/mol. The maximum absolute atomic E-state index is 12.5. The second-order valence-corrected chi connectivity index (χ2v) is 4.97. The topological polar surface area (TPSA) is 76.3 Å². The highest BCUT2D eigenvalue weighted by atomic mass is 16.2. The van der Waals surface area contributed by atoms with E-state index in [0.717, 1.165) is 17.3 Å². The third-order valence-electron chi connectivity index (χ3n) is 3.69. The summed E-state index contributed by atoms with van der Waals surface area (Å²) in [5, 5.41) is 0.910. The summed E-state index contributed by atoms with van der Waals surface area (Å²) in [4.78, 5) is 29.7. The van der Waals surface area contributed by atoms with E-state index in [2.05, 4.69) is 4.98 Å². The summed E-state index contributed by atoms with van der Waals surface area (Å²) in [5.41, 5.74) is 6.76. The Labute approximate surface area is 116 Å². The number of aromatic nitrogens is 1. The number of amides is 2. The highest BCUT2D eigenvalue weighted by Gasteiger charge is 2.33. The van der Waals surface area contributed by atoms with Crippen molar-refractivity contribution in [2.24, 2.45) is 5.73 Å². The standard InChI is InChI=1S/C15H15N3O2/c16-14(19)13-4-2-8-18(13)15(20)11-5-6-12-10(9-11)3-1-7-17-12/h1,3,5-7,9,13H,2,4,8H2,(H2,16,19). The number of benzene rings is 1. The summed E-state index contributed by atoms with van der Waals surface area (Å²) < 4.78 is 0. The second-order valence-electron chi connectivity index (χ2n) is 4.97. The molecule has 1 aliphatic heterocycles. The largest absolute Gasteiger partial charge is 0.368 e. The number of hydrogen-bond acceptors (Lipinski definition) is 3. The predicted molar refractivity (Wildman–Crippen MR) is 75.0 cm³/mol. The van der Waals surface area contributed by atoms with Gasteiger partial charge < -0.3 is 10.6 Å². The summed E-state index contributed by atoms with van der Waals surface area (Å²) in [5.74, 6) is -0.574. The molecule has 2 amide bonds. The number of pyridine rings is 1. The van der Waals surface area contributed by atoms with Gasteiger partial charge in [0.05, 0.1) is 5.52 Å². The van der Waals surface area contributed by atoms with Gasteiger partial charge in [-0.15, -0.1) is 0 Å². The Kier molecular flexibility index (Phi) is 3.10. The second kappa shape index (κ2) is 4.92. The Morgan fingerprint density at radius 3 is 2.95 bits per heavy atom. The van der Waals surface area contributed by atoms with Crippen LogP contribution in [0, 0.1) is 0 Å². The number of carbonyl (C=O) groups excluding carboxylic acids is 2. The summed E-state index contributed by atoms with van der Waals surface area (Å²) >= 11 is 0. The van der Waals surface area contributed by atoms with Gasteiger partial charge in [-0.2, -0.15) is 0 Å². The molecule has 1 atom stereocenters. The highest BCUT2D eigenvalue weighted by molar-refractivity contribution is 6.00. The van der Waals surface area contributed by atoms with Gasteiger partial charge in [0.25, 0.3) is 5.91 Å². The highest BCUT2D eigenvalue weighted by Crippen LogP contribution is 2.21. The number of carbonyl (C=O) groups is 2. The zero-order chi connectivity index (χ0) is 14.1. The summed E-state index contributed by atoms with van der Waals surface area (Å²) in [6, 6.07) is 8.63. The van der Waals surface area contributed by atoms with E-state index in [4.69, 9.17) is 5.73 Å². The lowest BCUT2D eigenvalue weighted by Gasteiger charge is -2.22. The van der Waals surface area contributed by atoms with Crippen LogP contribution in [0.4, 0.5) is 0 Å². The van der Waals surface area contributed by atoms with E-state index in [1.165, 1.54) is 0 Å². The first-order valence-electron chi connectivity index (χ1n) is 6.62. The zero-order valence-electron chi connectivity index (χ0n) is 11.0. The van der Waals surface area contributed by atoms with Crippen molar-refractivity contribution in [3.63, 3.8) is 0 Å². The predicted octanol–water partition coefficient (Wildman–Crippen LogP) is 1.32. The Balaban J connectivity index is 1.94. The molecule has 20 heavy (non-hydrogen) atoms. The van der Waals surface area contributed by atoms with E-state index in [-0.39, 0.29) is 5.91 Å². The number of nitrogens with two attached hydrogens (primary N) is 1. The average molecular weight is 269 g/mol. The van der Waals surface area contributed by atoms with Crippen molar-refractivity contribution in [1.82, 2.24) is 9.88 Å². The van der Waals surface area contributed by atoms with Gasteiger partial charge in [0.15, 0.2) is 0 Å². The Bertz CT molecular complexity index is 684. The fourth-order valence-electron chi connectivity index (χ4n) is 2.68. The van der Waals surface area contributed by atoms with Crippen molar-refractivity contribution in [1.29, 1.82) is 0 Å². The van der Waals surface area contributed by atoms with Gasteiger partial charge in [0, 0.05) is 23.7 Å². The van der Waals surface area contributed by atoms with Crippen molar-refractivity contribution in [3.8, 4) is 0 Å². The van der Waals surface area contributed by atoms with Crippen LogP contribution in [0.25, 0.3) is 10.9 Å². The fraction of sp³-hybridized carbons (Fsp3) is 0.267. The van der Waals surface area contributed by atoms with Gasteiger partial charge in [0.2, 0.25) is 5.91 Å². The van der Waals surface area contributed by atoms with Gasteiger partial charge in [-0.05, 0) is 37.1 Å². The number of nitrogens with zero attached hydrogens (tertiary/aromatic N) is 2. The first-order chi connectivity index (χ1) is 9.66. The van der Waals surface area contributed by atoms with Gasteiger partial charge in [-0.3, -0.25) is 14.6 Å². The molecule has 0 spiro atoms. The molecule has 5 heteroatoms. The van der Waals surface area contributed by atoms with E-state index in [1.807, 2.05) is 18.2 Å². The summed E-state index contributed by atoms with van der Waals surface area (Å²) in [6.45, 7) is 0.581. The molecule has 0 aliphatic carbocycles. The van der Waals surface area contributed by atoms with Crippen LogP contribution in [0.5, 0.6) is 0 Å². The molecule has 102 valence electrons. The van der Waals surface area contributed by atoms with Crippen LogP contribution < -0.4 is 5.73 Å². The minimum Gasteiger partial charge on any atom is -0.368 e. The van der Waals surface area contributed by atoms with E-state index in [0.29, 0.717) is 18.5 Å². The van der Waals surface area contributed by atoms with Crippen LogP contribution in [0.3, 0.4) is 0 Å². The molecule has 1 fully saturated rings. The molecule has 2 aromatic rings. The quantitative estimate of drug-likeness (QED) is 0.893. The van der Waals surface area contributed by atoms with Crippen molar-refractivity contribution in [2.45, 2.75) is 18.9 Å². The first-order valence-corrected chi connectivity index (χ1v) is 6.62. The van der Waals surface area contributed by atoms with Crippen LogP contribution in [-0.4, -0.2) is 34.3 Å². The van der Waals surface area contributed by atoms with Crippen LogP contribution in [0.2, 0.25) is 0 Å². The molecule has 1 aromatic carbocycles. The Morgan fingerprint density at radius 2 is 2.15 bits per heavy atom. The van der Waals surface area contributed by atoms with E-state index < -0.39 is 11.9 Å². The van der Waals surface area contributed by atoms with E-state index in [1.54, 1.807) is 23.2 Å². The SMILES string of the molecule is NC(=O)C1CCCN1C(=O)c1ccc2ncccc2c1. The van der Waals surface area contributed by atoms with Crippen LogP contribution in [-0.2, 0) is 4.79 Å². The summed E-state index contributed by atoms with van der Waals surface area (Å²) in [7, 11) is 0. The van der Waals surface area contributed by atoms with Crippen molar-refractivity contribution < 1.29 is 9.59 Å². The lowest BCUT2D eigenvalue weighted by Crippen LogP contribution is -2.43. The zero-order valence-corrected chi connectivity index (χ0v) is 11.0. The molecule has 1 aromatic heterocycles. The molecule has 3 rings (SSSR count). The molecule has 0 radical (unpaired) electrons. The Hall–Kier alpha value is -2.43. The number of fused-ring (bicyclic) bond motifs is 1. The minimum atomic E-state index is -0.480. The maximum Gasteiger partial charge on any atom is 0.254 e.